The molecule has 18 heavy (non-hydrogen) atoms. The zero-order valence-corrected chi connectivity index (χ0v) is 11.2. The second-order valence-corrected chi connectivity index (χ2v) is 5.20. The molecule has 2 rings (SSSR count). The number of aryl methyl sites for hydroxylation is 1. The average Bonchev–Trinajstić information content (AvgIpc) is 3.20. The van der Waals surface area contributed by atoms with Gasteiger partial charge in [0.2, 0.25) is 5.91 Å². The third-order valence-corrected chi connectivity index (χ3v) is 3.50. The highest BCUT2D eigenvalue weighted by molar-refractivity contribution is 5.82. The van der Waals surface area contributed by atoms with Gasteiger partial charge in [-0.15, -0.1) is 0 Å². The van der Waals surface area contributed by atoms with E-state index in [0.717, 1.165) is 12.8 Å². The number of rotatable bonds is 5. The molecule has 0 bridgehead atoms. The van der Waals surface area contributed by atoms with Crippen molar-refractivity contribution in [1.29, 1.82) is 0 Å². The van der Waals surface area contributed by atoms with Crippen molar-refractivity contribution >= 4 is 5.91 Å². The Hall–Kier alpha value is -1.35. The van der Waals surface area contributed by atoms with Gasteiger partial charge in [0.05, 0.1) is 6.04 Å². The summed E-state index contributed by atoms with van der Waals surface area (Å²) in [6.07, 6.45) is 2.94. The molecule has 1 aliphatic carbocycles. The average molecular weight is 246 g/mol. The van der Waals surface area contributed by atoms with Crippen LogP contribution in [0.5, 0.6) is 0 Å². The highest BCUT2D eigenvalue weighted by atomic mass is 16.2. The molecule has 1 fully saturated rings. The van der Waals surface area contributed by atoms with E-state index >= 15 is 0 Å². The summed E-state index contributed by atoms with van der Waals surface area (Å²) in [4.78, 5) is 14.2. The van der Waals surface area contributed by atoms with Gasteiger partial charge in [-0.25, -0.2) is 0 Å². The monoisotopic (exact) mass is 246 g/mol. The maximum atomic E-state index is 12.2. The Labute approximate surface area is 109 Å². The molecule has 98 valence electrons. The summed E-state index contributed by atoms with van der Waals surface area (Å²) in [6.45, 7) is 4.72. The summed E-state index contributed by atoms with van der Waals surface area (Å²) < 4.78 is 0. The van der Waals surface area contributed by atoms with Crippen LogP contribution in [0.2, 0.25) is 0 Å². The number of carbonyl (C=O) groups is 1. The van der Waals surface area contributed by atoms with Gasteiger partial charge in [-0.1, -0.05) is 36.8 Å². The fourth-order valence-corrected chi connectivity index (χ4v) is 2.05. The van der Waals surface area contributed by atoms with Gasteiger partial charge in [0.25, 0.3) is 0 Å². The van der Waals surface area contributed by atoms with E-state index in [9.17, 15) is 4.79 Å². The standard InChI is InChI=1S/C15H22N2O/c1-3-14(16)15(18)17(13-8-9-13)10-12-6-4-11(2)5-7-12/h4-7,13-14H,3,8-10,16H2,1-2H3/t14-/m0/s1. The first-order valence-corrected chi connectivity index (χ1v) is 6.73. The molecule has 1 aromatic carbocycles. The molecule has 0 heterocycles. The van der Waals surface area contributed by atoms with E-state index in [1.807, 2.05) is 11.8 Å². The molecule has 0 radical (unpaired) electrons. The fraction of sp³-hybridized carbons (Fsp3) is 0.533. The van der Waals surface area contributed by atoms with Crippen molar-refractivity contribution in [2.24, 2.45) is 5.73 Å². The van der Waals surface area contributed by atoms with Crippen molar-refractivity contribution in [1.82, 2.24) is 4.90 Å². The van der Waals surface area contributed by atoms with Crippen LogP contribution in [0.25, 0.3) is 0 Å². The molecule has 0 spiro atoms. The van der Waals surface area contributed by atoms with Crippen LogP contribution in [0, 0.1) is 6.92 Å². The van der Waals surface area contributed by atoms with E-state index in [0.29, 0.717) is 19.0 Å². The van der Waals surface area contributed by atoms with Gasteiger partial charge in [0.15, 0.2) is 0 Å². The lowest BCUT2D eigenvalue weighted by Gasteiger charge is -2.25. The number of nitrogens with zero attached hydrogens (tertiary/aromatic N) is 1. The zero-order chi connectivity index (χ0) is 13.1. The molecular weight excluding hydrogens is 224 g/mol. The first kappa shape index (κ1) is 13.1. The van der Waals surface area contributed by atoms with Crippen LogP contribution < -0.4 is 5.73 Å². The maximum Gasteiger partial charge on any atom is 0.240 e. The number of hydrogen-bond acceptors (Lipinski definition) is 2. The van der Waals surface area contributed by atoms with Crippen LogP contribution >= 0.6 is 0 Å². The van der Waals surface area contributed by atoms with Crippen molar-refractivity contribution in [3.63, 3.8) is 0 Å². The van der Waals surface area contributed by atoms with Crippen LogP contribution in [-0.4, -0.2) is 22.9 Å². The van der Waals surface area contributed by atoms with Crippen LogP contribution in [0.3, 0.4) is 0 Å². The van der Waals surface area contributed by atoms with Crippen molar-refractivity contribution in [3.8, 4) is 0 Å². The Kier molecular flexibility index (Phi) is 4.02. The van der Waals surface area contributed by atoms with Crippen LogP contribution in [0.4, 0.5) is 0 Å². The number of carbonyl (C=O) groups excluding carboxylic acids is 1. The van der Waals surface area contributed by atoms with Gasteiger partial charge < -0.3 is 10.6 Å². The highest BCUT2D eigenvalue weighted by Crippen LogP contribution is 2.29. The topological polar surface area (TPSA) is 46.3 Å². The first-order chi connectivity index (χ1) is 8.61. The molecule has 2 N–H and O–H groups in total. The van der Waals surface area contributed by atoms with Crippen LogP contribution in [0.15, 0.2) is 24.3 Å². The normalized spacial score (nSPS) is 16.4. The van der Waals surface area contributed by atoms with Crippen molar-refractivity contribution in [3.05, 3.63) is 35.4 Å². The van der Waals surface area contributed by atoms with Crippen molar-refractivity contribution in [2.45, 2.75) is 51.7 Å². The van der Waals surface area contributed by atoms with Crippen LogP contribution in [0.1, 0.15) is 37.3 Å². The molecule has 0 unspecified atom stereocenters. The molecule has 1 aromatic rings. The largest absolute Gasteiger partial charge is 0.334 e. The summed E-state index contributed by atoms with van der Waals surface area (Å²) in [5.41, 5.74) is 8.30. The minimum atomic E-state index is -0.351. The Morgan fingerprint density at radius 1 is 1.39 bits per heavy atom. The molecule has 3 heteroatoms. The van der Waals surface area contributed by atoms with Gasteiger partial charge in [-0.05, 0) is 31.7 Å². The number of nitrogens with two attached hydrogens (primary N) is 1. The van der Waals surface area contributed by atoms with E-state index < -0.39 is 0 Å². The summed E-state index contributed by atoms with van der Waals surface area (Å²) in [7, 11) is 0. The third kappa shape index (κ3) is 3.10. The quantitative estimate of drug-likeness (QED) is 0.866. The van der Waals surface area contributed by atoms with Gasteiger partial charge >= 0.3 is 0 Å². The van der Waals surface area contributed by atoms with Crippen LogP contribution in [-0.2, 0) is 11.3 Å². The lowest BCUT2D eigenvalue weighted by atomic mass is 10.1. The third-order valence-electron chi connectivity index (χ3n) is 3.50. The first-order valence-electron chi connectivity index (χ1n) is 6.73. The maximum absolute atomic E-state index is 12.2. The molecular formula is C15H22N2O. The van der Waals surface area contributed by atoms with Gasteiger partial charge in [0.1, 0.15) is 0 Å². The predicted octanol–water partition coefficient (Wildman–Crippen LogP) is 2.22. The van der Waals surface area contributed by atoms with Gasteiger partial charge in [0, 0.05) is 12.6 Å². The Balaban J connectivity index is 2.06. The second kappa shape index (κ2) is 5.53. The van der Waals surface area contributed by atoms with Crippen molar-refractivity contribution < 1.29 is 4.79 Å². The van der Waals surface area contributed by atoms with E-state index in [-0.39, 0.29) is 11.9 Å². The second-order valence-electron chi connectivity index (χ2n) is 5.20. The Bertz CT molecular complexity index is 409. The van der Waals surface area contributed by atoms with Crippen molar-refractivity contribution in [2.75, 3.05) is 0 Å². The SMILES string of the molecule is CC[C@H](N)C(=O)N(Cc1ccc(C)cc1)C1CC1. The summed E-state index contributed by atoms with van der Waals surface area (Å²) >= 11 is 0. The minimum absolute atomic E-state index is 0.0978. The molecule has 0 saturated heterocycles. The molecule has 1 saturated carbocycles. The lowest BCUT2D eigenvalue weighted by Crippen LogP contribution is -2.44. The Morgan fingerprint density at radius 2 is 2.00 bits per heavy atom. The van der Waals surface area contributed by atoms with E-state index in [4.69, 9.17) is 5.73 Å². The minimum Gasteiger partial charge on any atom is -0.334 e. The number of benzene rings is 1. The van der Waals surface area contributed by atoms with E-state index in [2.05, 4.69) is 31.2 Å². The van der Waals surface area contributed by atoms with E-state index in [1.165, 1.54) is 11.1 Å². The fourth-order valence-electron chi connectivity index (χ4n) is 2.05. The summed E-state index contributed by atoms with van der Waals surface area (Å²) in [6, 6.07) is 8.42. The predicted molar refractivity (Wildman–Crippen MR) is 73.0 cm³/mol. The van der Waals surface area contributed by atoms with Gasteiger partial charge in [-0.2, -0.15) is 0 Å². The lowest BCUT2D eigenvalue weighted by molar-refractivity contribution is -0.133. The zero-order valence-electron chi connectivity index (χ0n) is 11.2. The number of hydrogen-bond donors (Lipinski definition) is 1. The molecule has 1 amide bonds. The summed E-state index contributed by atoms with van der Waals surface area (Å²) in [5, 5.41) is 0. The van der Waals surface area contributed by atoms with Gasteiger partial charge in [-0.3, -0.25) is 4.79 Å². The molecule has 0 aromatic heterocycles. The summed E-state index contributed by atoms with van der Waals surface area (Å²) in [5.74, 6) is 0.0978. The Morgan fingerprint density at radius 3 is 2.50 bits per heavy atom. The smallest absolute Gasteiger partial charge is 0.240 e. The molecule has 0 aliphatic heterocycles. The highest BCUT2D eigenvalue weighted by Gasteiger charge is 2.34. The molecule has 1 atom stereocenters. The molecule has 3 nitrogen and oxygen atoms in total. The molecule has 1 aliphatic rings. The van der Waals surface area contributed by atoms with E-state index in [1.54, 1.807) is 0 Å². The number of amides is 1.